The lowest BCUT2D eigenvalue weighted by Crippen LogP contribution is -2.37. The lowest BCUT2D eigenvalue weighted by Gasteiger charge is -2.26. The molecular weight excluding hydrogens is 400 g/mol. The van der Waals surface area contributed by atoms with Crippen LogP contribution in [0.2, 0.25) is 0 Å². The molecule has 0 aliphatic carbocycles. The zero-order valence-electron chi connectivity index (χ0n) is 14.4. The van der Waals surface area contributed by atoms with E-state index in [1.54, 1.807) is 18.1 Å². The third kappa shape index (κ3) is 3.26. The van der Waals surface area contributed by atoms with E-state index in [0.717, 1.165) is 28.8 Å². The summed E-state index contributed by atoms with van der Waals surface area (Å²) in [6, 6.07) is 5.39. The van der Waals surface area contributed by atoms with Gasteiger partial charge < -0.3 is 19.3 Å². The quantitative estimate of drug-likeness (QED) is 0.761. The molecule has 0 saturated carbocycles. The fourth-order valence-corrected chi connectivity index (χ4v) is 3.58. The van der Waals surface area contributed by atoms with Gasteiger partial charge >= 0.3 is 0 Å². The van der Waals surface area contributed by atoms with E-state index in [1.165, 1.54) is 0 Å². The van der Waals surface area contributed by atoms with Crippen LogP contribution in [0.4, 0.5) is 5.95 Å². The first-order chi connectivity index (χ1) is 12.7. The Morgan fingerprint density at radius 3 is 2.85 bits per heavy atom. The molecule has 7 nitrogen and oxygen atoms in total. The highest BCUT2D eigenvalue weighted by Crippen LogP contribution is 2.28. The van der Waals surface area contributed by atoms with E-state index in [1.807, 2.05) is 18.3 Å². The summed E-state index contributed by atoms with van der Waals surface area (Å²) in [6.45, 7) is 3.96. The summed E-state index contributed by atoms with van der Waals surface area (Å²) < 4.78 is 11.4. The number of methoxy groups -OCH3 is 1. The number of hydrogen-bond acceptors (Lipinski definition) is 6. The van der Waals surface area contributed by atoms with Crippen LogP contribution in [-0.4, -0.2) is 54.2 Å². The van der Waals surface area contributed by atoms with Gasteiger partial charge in [0.15, 0.2) is 0 Å². The molecular formula is C18H19BrN4O3. The van der Waals surface area contributed by atoms with Crippen molar-refractivity contribution in [3.63, 3.8) is 0 Å². The number of morpholine rings is 1. The number of aromatic nitrogens is 2. The Labute approximate surface area is 160 Å². The molecule has 26 heavy (non-hydrogen) atoms. The van der Waals surface area contributed by atoms with E-state index in [4.69, 9.17) is 9.47 Å². The van der Waals surface area contributed by atoms with Gasteiger partial charge in [0.25, 0.3) is 5.91 Å². The van der Waals surface area contributed by atoms with Gasteiger partial charge in [-0.1, -0.05) is 0 Å². The summed E-state index contributed by atoms with van der Waals surface area (Å²) in [5.41, 5.74) is 2.49. The van der Waals surface area contributed by atoms with Crippen LogP contribution in [0.15, 0.2) is 28.9 Å². The summed E-state index contributed by atoms with van der Waals surface area (Å²) >= 11 is 3.46. The van der Waals surface area contributed by atoms with E-state index in [2.05, 4.69) is 30.8 Å². The fourth-order valence-electron chi connectivity index (χ4n) is 3.17. The van der Waals surface area contributed by atoms with E-state index < -0.39 is 0 Å². The highest BCUT2D eigenvalue weighted by Gasteiger charge is 2.28. The first kappa shape index (κ1) is 17.2. The highest BCUT2D eigenvalue weighted by molar-refractivity contribution is 9.10. The third-order valence-electron chi connectivity index (χ3n) is 4.63. The minimum Gasteiger partial charge on any atom is -0.497 e. The molecule has 0 unspecified atom stereocenters. The van der Waals surface area contributed by atoms with Gasteiger partial charge in [0.1, 0.15) is 5.75 Å². The van der Waals surface area contributed by atoms with Crippen molar-refractivity contribution in [2.75, 3.05) is 38.3 Å². The molecule has 8 heteroatoms. The Hall–Kier alpha value is -2.19. The number of carbonyl (C=O) groups is 1. The Kier molecular flexibility index (Phi) is 4.78. The number of ether oxygens (including phenoxy) is 2. The van der Waals surface area contributed by atoms with Crippen molar-refractivity contribution in [2.24, 2.45) is 0 Å². The molecule has 3 heterocycles. The van der Waals surface area contributed by atoms with Crippen molar-refractivity contribution in [1.82, 2.24) is 14.9 Å². The van der Waals surface area contributed by atoms with Crippen molar-refractivity contribution in [1.29, 1.82) is 0 Å². The standard InChI is InChI=1S/C18H19BrN4O3/c1-25-13-2-3-15(19)14(8-13)17(24)23-10-12-9-20-18(21-16(12)11-23)22-4-6-26-7-5-22/h2-3,8-9H,4-7,10-11H2,1H3. The zero-order valence-corrected chi connectivity index (χ0v) is 16.0. The molecule has 1 aromatic heterocycles. The molecule has 136 valence electrons. The van der Waals surface area contributed by atoms with Crippen LogP contribution in [0.3, 0.4) is 0 Å². The molecule has 1 aromatic carbocycles. The van der Waals surface area contributed by atoms with Gasteiger partial charge in [-0.25, -0.2) is 9.97 Å². The second-order valence-electron chi connectivity index (χ2n) is 6.25. The maximum Gasteiger partial charge on any atom is 0.255 e. The summed E-state index contributed by atoms with van der Waals surface area (Å²) in [4.78, 5) is 26.0. The Morgan fingerprint density at radius 2 is 2.08 bits per heavy atom. The summed E-state index contributed by atoms with van der Waals surface area (Å²) in [5.74, 6) is 1.31. The largest absolute Gasteiger partial charge is 0.497 e. The van der Waals surface area contributed by atoms with Gasteiger partial charge in [0, 0.05) is 35.9 Å². The molecule has 1 amide bonds. The Bertz CT molecular complexity index is 839. The number of nitrogens with zero attached hydrogens (tertiary/aromatic N) is 4. The summed E-state index contributed by atoms with van der Waals surface area (Å²) in [6.07, 6.45) is 1.83. The first-order valence-electron chi connectivity index (χ1n) is 8.46. The average molecular weight is 419 g/mol. The molecule has 0 bridgehead atoms. The van der Waals surface area contributed by atoms with E-state index >= 15 is 0 Å². The predicted octanol–water partition coefficient (Wildman–Crippen LogP) is 2.24. The molecule has 4 rings (SSSR count). The molecule has 1 saturated heterocycles. The Balaban J connectivity index is 1.54. The average Bonchev–Trinajstić information content (AvgIpc) is 3.12. The van der Waals surface area contributed by atoms with Crippen LogP contribution in [0.5, 0.6) is 5.75 Å². The molecule has 2 aromatic rings. The van der Waals surface area contributed by atoms with Crippen LogP contribution < -0.4 is 9.64 Å². The van der Waals surface area contributed by atoms with Crippen LogP contribution in [0, 0.1) is 0 Å². The number of fused-ring (bicyclic) bond motifs is 1. The number of anilines is 1. The minimum absolute atomic E-state index is 0.0540. The lowest BCUT2D eigenvalue weighted by atomic mass is 10.2. The van der Waals surface area contributed by atoms with Crippen LogP contribution >= 0.6 is 15.9 Å². The zero-order chi connectivity index (χ0) is 18.1. The molecule has 0 radical (unpaired) electrons. The van der Waals surface area contributed by atoms with E-state index in [0.29, 0.717) is 43.6 Å². The van der Waals surface area contributed by atoms with Gasteiger partial charge in [-0.2, -0.15) is 0 Å². The molecule has 1 fully saturated rings. The van der Waals surface area contributed by atoms with Gasteiger partial charge in [-0.15, -0.1) is 0 Å². The number of carbonyl (C=O) groups excluding carboxylic acids is 1. The van der Waals surface area contributed by atoms with Gasteiger partial charge in [-0.3, -0.25) is 4.79 Å². The smallest absolute Gasteiger partial charge is 0.255 e. The van der Waals surface area contributed by atoms with Crippen molar-refractivity contribution in [2.45, 2.75) is 13.1 Å². The molecule has 2 aliphatic heterocycles. The molecule has 0 atom stereocenters. The van der Waals surface area contributed by atoms with Crippen molar-refractivity contribution in [3.05, 3.63) is 45.7 Å². The topological polar surface area (TPSA) is 67.8 Å². The second kappa shape index (κ2) is 7.20. The summed E-state index contributed by atoms with van der Waals surface area (Å²) in [7, 11) is 1.59. The normalized spacial score (nSPS) is 16.5. The number of benzene rings is 1. The Morgan fingerprint density at radius 1 is 1.27 bits per heavy atom. The molecule has 0 N–H and O–H groups in total. The monoisotopic (exact) mass is 418 g/mol. The predicted molar refractivity (Wildman–Crippen MR) is 99.3 cm³/mol. The van der Waals surface area contributed by atoms with Gasteiger partial charge in [0.05, 0.1) is 38.1 Å². The highest BCUT2D eigenvalue weighted by atomic mass is 79.9. The van der Waals surface area contributed by atoms with Gasteiger partial charge in [-0.05, 0) is 34.1 Å². The maximum absolute atomic E-state index is 13.0. The van der Waals surface area contributed by atoms with E-state index in [9.17, 15) is 4.79 Å². The van der Waals surface area contributed by atoms with Crippen LogP contribution in [-0.2, 0) is 17.8 Å². The molecule has 0 spiro atoms. The third-order valence-corrected chi connectivity index (χ3v) is 5.32. The first-order valence-corrected chi connectivity index (χ1v) is 9.25. The van der Waals surface area contributed by atoms with Crippen LogP contribution in [0.25, 0.3) is 0 Å². The van der Waals surface area contributed by atoms with Crippen LogP contribution in [0.1, 0.15) is 21.6 Å². The SMILES string of the molecule is COc1ccc(Br)c(C(=O)N2Cc3cnc(N4CCOCC4)nc3C2)c1. The maximum atomic E-state index is 13.0. The number of hydrogen-bond donors (Lipinski definition) is 0. The van der Waals surface area contributed by atoms with Crippen molar-refractivity contribution < 1.29 is 14.3 Å². The van der Waals surface area contributed by atoms with Gasteiger partial charge in [0.2, 0.25) is 5.95 Å². The summed E-state index contributed by atoms with van der Waals surface area (Å²) in [5, 5.41) is 0. The number of rotatable bonds is 3. The van der Waals surface area contributed by atoms with Crippen molar-refractivity contribution >= 4 is 27.8 Å². The lowest BCUT2D eigenvalue weighted by molar-refractivity contribution is 0.0749. The van der Waals surface area contributed by atoms with E-state index in [-0.39, 0.29) is 5.91 Å². The minimum atomic E-state index is -0.0540. The second-order valence-corrected chi connectivity index (χ2v) is 7.10. The molecule has 2 aliphatic rings. The fraction of sp³-hybridized carbons (Fsp3) is 0.389. The van der Waals surface area contributed by atoms with Crippen molar-refractivity contribution in [3.8, 4) is 5.75 Å². The number of halogens is 1. The number of amides is 1.